The van der Waals surface area contributed by atoms with Crippen molar-refractivity contribution < 1.29 is 24.2 Å². The van der Waals surface area contributed by atoms with Gasteiger partial charge in [0.1, 0.15) is 11.4 Å². The molecule has 0 heterocycles. The summed E-state index contributed by atoms with van der Waals surface area (Å²) in [5.74, 6) is 1.53. The summed E-state index contributed by atoms with van der Waals surface area (Å²) in [7, 11) is 0. The lowest BCUT2D eigenvalue weighted by atomic mass is 9.44. The van der Waals surface area contributed by atoms with Crippen molar-refractivity contribution in [1.82, 2.24) is 0 Å². The summed E-state index contributed by atoms with van der Waals surface area (Å²) in [6.45, 7) is 5.45. The van der Waals surface area contributed by atoms with Crippen LogP contribution in [-0.4, -0.2) is 34.9 Å². The molecule has 5 heteroatoms. The Morgan fingerprint density at radius 2 is 1.79 bits per heavy atom. The van der Waals surface area contributed by atoms with E-state index in [0.717, 1.165) is 44.9 Å². The second-order valence-corrected chi connectivity index (χ2v) is 10.5. The van der Waals surface area contributed by atoms with E-state index < -0.39 is 17.0 Å². The fraction of sp³-hybridized carbons (Fsp3) is 0.870. The van der Waals surface area contributed by atoms with Gasteiger partial charge in [0.05, 0.1) is 0 Å². The summed E-state index contributed by atoms with van der Waals surface area (Å²) in [4.78, 5) is 36.0. The summed E-state index contributed by atoms with van der Waals surface area (Å²) in [5, 5.41) is 11.5. The Morgan fingerprint density at radius 1 is 1.07 bits per heavy atom. The molecule has 4 aliphatic rings. The van der Waals surface area contributed by atoms with Crippen molar-refractivity contribution in [2.24, 2.45) is 34.5 Å². The molecule has 4 saturated carbocycles. The van der Waals surface area contributed by atoms with Crippen molar-refractivity contribution in [3.8, 4) is 0 Å². The molecule has 4 aliphatic carbocycles. The first kappa shape index (κ1) is 20.1. The van der Waals surface area contributed by atoms with E-state index in [1.54, 1.807) is 0 Å². The maximum absolute atomic E-state index is 12.9. The molecule has 1 N–H and O–H groups in total. The van der Waals surface area contributed by atoms with E-state index in [1.807, 2.05) is 0 Å². The lowest BCUT2D eigenvalue weighted by molar-refractivity contribution is -0.175. The minimum absolute atomic E-state index is 0.223. The summed E-state index contributed by atoms with van der Waals surface area (Å²) >= 11 is 0. The van der Waals surface area contributed by atoms with E-state index in [0.29, 0.717) is 42.3 Å². The molecule has 4 rings (SSSR count). The van der Waals surface area contributed by atoms with Crippen LogP contribution in [0.25, 0.3) is 0 Å². The first-order valence-electron chi connectivity index (χ1n) is 11.0. The van der Waals surface area contributed by atoms with Crippen molar-refractivity contribution in [3.05, 3.63) is 0 Å². The Hall–Kier alpha value is -1.23. The van der Waals surface area contributed by atoms with Crippen LogP contribution < -0.4 is 0 Å². The van der Waals surface area contributed by atoms with Crippen LogP contribution in [0.15, 0.2) is 0 Å². The number of rotatable bonds is 3. The molecule has 0 aliphatic heterocycles. The monoisotopic (exact) mass is 390 g/mol. The number of carbonyl (C=O) groups excluding carboxylic acids is 3. The average Bonchev–Trinajstić information content (AvgIpc) is 2.92. The van der Waals surface area contributed by atoms with E-state index in [9.17, 15) is 19.5 Å². The molecular formula is C23H34O5. The van der Waals surface area contributed by atoms with Crippen LogP contribution in [0.2, 0.25) is 0 Å². The van der Waals surface area contributed by atoms with E-state index in [2.05, 4.69) is 13.8 Å². The Bertz CT molecular complexity index is 701. The van der Waals surface area contributed by atoms with Crippen molar-refractivity contribution in [1.29, 1.82) is 0 Å². The second kappa shape index (κ2) is 6.65. The number of carbonyl (C=O) groups is 3. The molecular weight excluding hydrogens is 356 g/mol. The molecule has 0 spiro atoms. The maximum atomic E-state index is 12.9. The number of aliphatic hydroxyl groups is 1. The number of Topliss-reactive ketones (excluding diaryl/α,β-unsaturated/α-hetero) is 2. The third kappa shape index (κ3) is 2.72. The molecule has 156 valence electrons. The number of hydrogen-bond donors (Lipinski definition) is 1. The Labute approximate surface area is 167 Å². The van der Waals surface area contributed by atoms with Gasteiger partial charge in [-0.25, -0.2) is 0 Å². The number of ketones is 2. The normalized spacial score (nSPS) is 47.6. The molecule has 0 saturated heterocycles. The SMILES string of the molecule is CC(=O)OCC(=O)[C@@]1(O)CCC2[C@@H]3CC[C@H]4CC(=O)CC[C@]4(C)C3CC[C@@]21C. The smallest absolute Gasteiger partial charge is 0.303 e. The van der Waals surface area contributed by atoms with Crippen molar-refractivity contribution in [3.63, 3.8) is 0 Å². The molecule has 0 aromatic rings. The highest BCUT2D eigenvalue weighted by atomic mass is 16.5. The fourth-order valence-corrected chi connectivity index (χ4v) is 7.81. The van der Waals surface area contributed by atoms with Crippen molar-refractivity contribution in [2.45, 2.75) is 84.2 Å². The van der Waals surface area contributed by atoms with Crippen LogP contribution in [0.5, 0.6) is 0 Å². The predicted octanol–water partition coefficient (Wildman–Crippen LogP) is 3.46. The summed E-state index contributed by atoms with van der Waals surface area (Å²) in [6, 6.07) is 0. The third-order valence-corrected chi connectivity index (χ3v) is 9.50. The van der Waals surface area contributed by atoms with Gasteiger partial charge in [-0.3, -0.25) is 14.4 Å². The van der Waals surface area contributed by atoms with E-state index >= 15 is 0 Å². The average molecular weight is 391 g/mol. The zero-order chi connectivity index (χ0) is 20.3. The zero-order valence-electron chi connectivity index (χ0n) is 17.5. The van der Waals surface area contributed by atoms with E-state index in [1.165, 1.54) is 6.92 Å². The highest BCUT2D eigenvalue weighted by molar-refractivity contribution is 5.91. The van der Waals surface area contributed by atoms with Crippen LogP contribution in [0, 0.1) is 34.5 Å². The predicted molar refractivity (Wildman–Crippen MR) is 103 cm³/mol. The number of fused-ring (bicyclic) bond motifs is 5. The fourth-order valence-electron chi connectivity index (χ4n) is 7.81. The van der Waals surface area contributed by atoms with Crippen molar-refractivity contribution in [2.75, 3.05) is 6.61 Å². The van der Waals surface area contributed by atoms with Gasteiger partial charge >= 0.3 is 5.97 Å². The van der Waals surface area contributed by atoms with Gasteiger partial charge in [-0.05, 0) is 74.0 Å². The molecule has 0 radical (unpaired) electrons. The third-order valence-electron chi connectivity index (χ3n) is 9.50. The minimum Gasteiger partial charge on any atom is -0.458 e. The minimum atomic E-state index is -1.39. The molecule has 0 bridgehead atoms. The highest BCUT2D eigenvalue weighted by Crippen LogP contribution is 2.68. The van der Waals surface area contributed by atoms with Crippen LogP contribution >= 0.6 is 0 Å². The van der Waals surface area contributed by atoms with E-state index in [4.69, 9.17) is 4.74 Å². The molecule has 7 atom stereocenters. The first-order chi connectivity index (χ1) is 13.1. The van der Waals surface area contributed by atoms with Crippen LogP contribution in [0.3, 0.4) is 0 Å². The Morgan fingerprint density at radius 3 is 2.50 bits per heavy atom. The second-order valence-electron chi connectivity index (χ2n) is 10.5. The van der Waals surface area contributed by atoms with Crippen molar-refractivity contribution >= 4 is 17.5 Å². The lowest BCUT2D eigenvalue weighted by Crippen LogP contribution is -2.59. The lowest BCUT2D eigenvalue weighted by Gasteiger charge is -2.60. The molecule has 0 aromatic carbocycles. The highest BCUT2D eigenvalue weighted by Gasteiger charge is 2.66. The Kier molecular flexibility index (Phi) is 4.76. The van der Waals surface area contributed by atoms with Gasteiger partial charge in [0.25, 0.3) is 0 Å². The van der Waals surface area contributed by atoms with Gasteiger partial charge in [0.15, 0.2) is 6.61 Å². The number of hydrogen-bond acceptors (Lipinski definition) is 5. The van der Waals surface area contributed by atoms with Gasteiger partial charge in [-0.2, -0.15) is 0 Å². The molecule has 2 unspecified atom stereocenters. The zero-order valence-corrected chi connectivity index (χ0v) is 17.5. The summed E-state index contributed by atoms with van der Waals surface area (Å²) < 4.78 is 4.93. The molecule has 0 aromatic heterocycles. The molecule has 0 amide bonds. The molecule has 4 fully saturated rings. The topological polar surface area (TPSA) is 80.7 Å². The largest absolute Gasteiger partial charge is 0.458 e. The molecule has 28 heavy (non-hydrogen) atoms. The van der Waals surface area contributed by atoms with Crippen LogP contribution in [0.4, 0.5) is 0 Å². The summed E-state index contributed by atoms with van der Waals surface area (Å²) in [5.41, 5.74) is -1.61. The van der Waals surface area contributed by atoms with Crippen LogP contribution in [0.1, 0.15) is 78.6 Å². The first-order valence-corrected chi connectivity index (χ1v) is 11.0. The Balaban J connectivity index is 1.57. The van der Waals surface area contributed by atoms with Gasteiger partial charge in [-0.1, -0.05) is 13.8 Å². The standard InChI is InChI=1S/C23H34O5/c1-14(24)28-13-20(26)23(27)11-8-19-17-5-4-15-12-16(25)6-9-21(15,2)18(17)7-10-22(19,23)3/h15,17-19,27H,4-13H2,1-3H3/t15-,17+,18?,19?,21-,22-,23-/m0/s1. The number of esters is 1. The molecule has 5 nitrogen and oxygen atoms in total. The van der Waals surface area contributed by atoms with E-state index in [-0.39, 0.29) is 17.8 Å². The quantitative estimate of drug-likeness (QED) is 0.747. The van der Waals surface area contributed by atoms with Gasteiger partial charge in [0, 0.05) is 25.2 Å². The maximum Gasteiger partial charge on any atom is 0.303 e. The van der Waals surface area contributed by atoms with Gasteiger partial charge in [-0.15, -0.1) is 0 Å². The van der Waals surface area contributed by atoms with Gasteiger partial charge < -0.3 is 9.84 Å². The number of ether oxygens (including phenoxy) is 1. The van der Waals surface area contributed by atoms with Crippen LogP contribution in [-0.2, 0) is 19.1 Å². The summed E-state index contributed by atoms with van der Waals surface area (Å²) in [6.07, 6.45) is 7.82. The van der Waals surface area contributed by atoms with Gasteiger partial charge in [0.2, 0.25) is 5.78 Å².